The largest absolute Gasteiger partial charge is 0.323 e. The Kier molecular flexibility index (Phi) is 3.41. The monoisotopic (exact) mass is 279 g/mol. The maximum Gasteiger partial charge on any atom is 0.253 e. The number of halogens is 1. The van der Waals surface area contributed by atoms with Gasteiger partial charge in [-0.15, -0.1) is 0 Å². The molecule has 1 saturated carbocycles. The number of nitrogens with zero attached hydrogens (tertiary/aromatic N) is 4. The van der Waals surface area contributed by atoms with E-state index in [9.17, 15) is 0 Å². The lowest BCUT2D eigenvalue weighted by molar-refractivity contribution is 0.436. The summed E-state index contributed by atoms with van der Waals surface area (Å²) in [5.41, 5.74) is 8.18. The van der Waals surface area contributed by atoms with Gasteiger partial charge in [0.2, 0.25) is 0 Å². The van der Waals surface area contributed by atoms with Crippen molar-refractivity contribution in [1.82, 2.24) is 19.6 Å². The standard InChI is InChI=1S/C13H18ClN5/c1-8(15)11-10(9-5-3-2-4-6-9)12(14)18-13-16-7-17-19(11)13/h7-9H,2-6,15H2,1H3. The van der Waals surface area contributed by atoms with Gasteiger partial charge in [0.05, 0.1) is 5.69 Å². The first-order valence-electron chi connectivity index (χ1n) is 6.83. The van der Waals surface area contributed by atoms with E-state index in [1.165, 1.54) is 25.6 Å². The first-order valence-corrected chi connectivity index (χ1v) is 7.21. The van der Waals surface area contributed by atoms with Crippen LogP contribution < -0.4 is 5.73 Å². The van der Waals surface area contributed by atoms with Crippen LogP contribution in [0.2, 0.25) is 5.15 Å². The molecule has 1 aliphatic carbocycles. The third-order valence-electron chi connectivity index (χ3n) is 3.90. The summed E-state index contributed by atoms with van der Waals surface area (Å²) >= 11 is 6.39. The van der Waals surface area contributed by atoms with Crippen molar-refractivity contribution in [2.75, 3.05) is 0 Å². The van der Waals surface area contributed by atoms with Crippen molar-refractivity contribution in [1.29, 1.82) is 0 Å². The summed E-state index contributed by atoms with van der Waals surface area (Å²) in [4.78, 5) is 8.46. The molecule has 0 radical (unpaired) electrons. The van der Waals surface area contributed by atoms with Crippen LogP contribution in [0.1, 0.15) is 62.2 Å². The fourth-order valence-corrected chi connectivity index (χ4v) is 3.38. The highest BCUT2D eigenvalue weighted by molar-refractivity contribution is 6.30. The van der Waals surface area contributed by atoms with E-state index in [1.807, 2.05) is 6.92 Å². The molecule has 0 saturated heterocycles. The fraction of sp³-hybridized carbons (Fsp3) is 0.615. The van der Waals surface area contributed by atoms with E-state index in [4.69, 9.17) is 17.3 Å². The maximum absolute atomic E-state index is 6.39. The van der Waals surface area contributed by atoms with E-state index in [-0.39, 0.29) is 6.04 Å². The minimum absolute atomic E-state index is 0.137. The van der Waals surface area contributed by atoms with Crippen molar-refractivity contribution in [2.24, 2.45) is 5.73 Å². The summed E-state index contributed by atoms with van der Waals surface area (Å²) in [7, 11) is 0. The van der Waals surface area contributed by atoms with Crippen LogP contribution >= 0.6 is 11.6 Å². The second kappa shape index (κ2) is 5.06. The molecule has 102 valence electrons. The maximum atomic E-state index is 6.39. The summed E-state index contributed by atoms with van der Waals surface area (Å²) in [6, 6.07) is -0.137. The molecule has 1 unspecified atom stereocenters. The lowest BCUT2D eigenvalue weighted by Gasteiger charge is -2.26. The van der Waals surface area contributed by atoms with Crippen LogP contribution in [0.4, 0.5) is 0 Å². The molecule has 3 rings (SSSR count). The van der Waals surface area contributed by atoms with E-state index in [0.717, 1.165) is 24.1 Å². The van der Waals surface area contributed by atoms with Crippen LogP contribution in [0.5, 0.6) is 0 Å². The van der Waals surface area contributed by atoms with Gasteiger partial charge in [0.1, 0.15) is 11.5 Å². The number of rotatable bonds is 2. The van der Waals surface area contributed by atoms with Crippen molar-refractivity contribution in [3.63, 3.8) is 0 Å². The molecule has 1 fully saturated rings. The van der Waals surface area contributed by atoms with E-state index < -0.39 is 0 Å². The summed E-state index contributed by atoms with van der Waals surface area (Å²) in [6.07, 6.45) is 7.60. The normalized spacial score (nSPS) is 18.9. The number of hydrogen-bond acceptors (Lipinski definition) is 4. The van der Waals surface area contributed by atoms with Crippen LogP contribution in [0, 0.1) is 0 Å². The molecule has 0 bridgehead atoms. The Morgan fingerprint density at radius 2 is 2.11 bits per heavy atom. The SMILES string of the molecule is CC(N)c1c(C2CCCCC2)c(Cl)nc2ncnn12. The van der Waals surface area contributed by atoms with Crippen LogP contribution in [0.3, 0.4) is 0 Å². The Hall–Kier alpha value is -1.20. The molecule has 0 aliphatic heterocycles. The summed E-state index contributed by atoms with van der Waals surface area (Å²) in [5, 5.41) is 4.78. The van der Waals surface area contributed by atoms with Crippen LogP contribution in [0.15, 0.2) is 6.33 Å². The van der Waals surface area contributed by atoms with Gasteiger partial charge in [-0.25, -0.2) is 0 Å². The first kappa shape index (κ1) is 12.8. The van der Waals surface area contributed by atoms with E-state index in [0.29, 0.717) is 16.8 Å². The summed E-state index contributed by atoms with van der Waals surface area (Å²) < 4.78 is 1.74. The molecule has 1 aliphatic rings. The van der Waals surface area contributed by atoms with Crippen molar-refractivity contribution >= 4 is 17.4 Å². The average Bonchev–Trinajstić information content (AvgIpc) is 2.85. The van der Waals surface area contributed by atoms with Gasteiger partial charge < -0.3 is 5.73 Å². The van der Waals surface area contributed by atoms with Gasteiger partial charge >= 0.3 is 0 Å². The van der Waals surface area contributed by atoms with Gasteiger partial charge in [-0.05, 0) is 25.7 Å². The zero-order valence-corrected chi connectivity index (χ0v) is 11.8. The van der Waals surface area contributed by atoms with Gasteiger partial charge in [-0.2, -0.15) is 19.6 Å². The predicted molar refractivity (Wildman–Crippen MR) is 74.2 cm³/mol. The Morgan fingerprint density at radius 3 is 2.79 bits per heavy atom. The molecule has 2 aromatic rings. The highest BCUT2D eigenvalue weighted by atomic mass is 35.5. The Morgan fingerprint density at radius 1 is 1.37 bits per heavy atom. The molecule has 0 aromatic carbocycles. The molecule has 19 heavy (non-hydrogen) atoms. The predicted octanol–water partition coefficient (Wildman–Crippen LogP) is 2.85. The molecule has 0 amide bonds. The number of hydrogen-bond donors (Lipinski definition) is 1. The number of aromatic nitrogens is 4. The minimum atomic E-state index is -0.137. The van der Waals surface area contributed by atoms with E-state index in [1.54, 1.807) is 4.52 Å². The van der Waals surface area contributed by atoms with Crippen molar-refractivity contribution < 1.29 is 0 Å². The Labute approximate surface area is 117 Å². The van der Waals surface area contributed by atoms with Crippen molar-refractivity contribution in [3.8, 4) is 0 Å². The topological polar surface area (TPSA) is 69.1 Å². The van der Waals surface area contributed by atoms with Crippen molar-refractivity contribution in [2.45, 2.75) is 51.0 Å². The third kappa shape index (κ3) is 2.21. The summed E-state index contributed by atoms with van der Waals surface area (Å²) in [6.45, 7) is 1.96. The molecule has 2 N–H and O–H groups in total. The second-order valence-corrected chi connectivity index (χ2v) is 5.65. The molecular formula is C13H18ClN5. The molecule has 6 heteroatoms. The van der Waals surface area contributed by atoms with Gasteiger partial charge in [0, 0.05) is 11.6 Å². The molecule has 2 heterocycles. The smallest absolute Gasteiger partial charge is 0.253 e. The zero-order valence-electron chi connectivity index (χ0n) is 11.0. The van der Waals surface area contributed by atoms with Crippen LogP contribution in [0.25, 0.3) is 5.78 Å². The molecule has 5 nitrogen and oxygen atoms in total. The number of fused-ring (bicyclic) bond motifs is 1. The van der Waals surface area contributed by atoms with Gasteiger partial charge in [0.25, 0.3) is 5.78 Å². The Bertz CT molecular complexity index is 586. The van der Waals surface area contributed by atoms with Crippen LogP contribution in [-0.4, -0.2) is 19.6 Å². The molecule has 2 aromatic heterocycles. The fourth-order valence-electron chi connectivity index (χ4n) is 3.06. The Balaban J connectivity index is 2.20. The first-order chi connectivity index (χ1) is 9.18. The lowest BCUT2D eigenvalue weighted by Crippen LogP contribution is -2.19. The van der Waals surface area contributed by atoms with E-state index in [2.05, 4.69) is 15.1 Å². The average molecular weight is 280 g/mol. The minimum Gasteiger partial charge on any atom is -0.323 e. The number of nitrogens with two attached hydrogens (primary N) is 1. The second-order valence-electron chi connectivity index (χ2n) is 5.30. The van der Waals surface area contributed by atoms with Crippen LogP contribution in [-0.2, 0) is 0 Å². The van der Waals surface area contributed by atoms with E-state index >= 15 is 0 Å². The van der Waals surface area contributed by atoms with Gasteiger partial charge in [-0.1, -0.05) is 30.9 Å². The van der Waals surface area contributed by atoms with Gasteiger partial charge in [0.15, 0.2) is 0 Å². The molecule has 1 atom stereocenters. The summed E-state index contributed by atoms with van der Waals surface area (Å²) in [5.74, 6) is 0.972. The third-order valence-corrected chi connectivity index (χ3v) is 4.19. The van der Waals surface area contributed by atoms with Gasteiger partial charge in [-0.3, -0.25) is 0 Å². The zero-order chi connectivity index (χ0) is 13.4. The molecule has 0 spiro atoms. The highest BCUT2D eigenvalue weighted by Gasteiger charge is 2.26. The lowest BCUT2D eigenvalue weighted by atomic mass is 9.83. The highest BCUT2D eigenvalue weighted by Crippen LogP contribution is 2.38. The van der Waals surface area contributed by atoms with Crippen molar-refractivity contribution in [3.05, 3.63) is 22.7 Å². The molecular weight excluding hydrogens is 262 g/mol. The quantitative estimate of drug-likeness (QED) is 0.858.